The van der Waals surface area contributed by atoms with Gasteiger partial charge in [0, 0.05) is 6.07 Å². The summed E-state index contributed by atoms with van der Waals surface area (Å²) in [5, 5.41) is 19.0. The molecular formula is C21H18NO7S-. The Morgan fingerprint density at radius 3 is 2.20 bits per heavy atom. The molecule has 0 heterocycles. The van der Waals surface area contributed by atoms with Crippen LogP contribution in [0.2, 0.25) is 0 Å². The Hall–Kier alpha value is -3.56. The molecule has 0 fully saturated rings. The standard InChI is InChI=1S/C21H19NO7S/c1-28-19-9-6-14(11-20(19)29-2)13-4-3-5-15(10-13)22(30(26)27)16-7-8-17(21(24)25)18(23)12-16/h3-12,23H,1-2H3,(H,24,25)(H,26,27)/p-1. The van der Waals surface area contributed by atoms with Gasteiger partial charge in [0.05, 0.1) is 36.9 Å². The highest BCUT2D eigenvalue weighted by atomic mass is 32.2. The smallest absolute Gasteiger partial charge is 0.339 e. The summed E-state index contributed by atoms with van der Waals surface area (Å²) in [7, 11) is 3.05. The van der Waals surface area contributed by atoms with Crippen molar-refractivity contribution in [3.63, 3.8) is 0 Å². The van der Waals surface area contributed by atoms with Gasteiger partial charge < -0.3 is 24.2 Å². The van der Waals surface area contributed by atoms with Gasteiger partial charge in [-0.2, -0.15) is 0 Å². The number of aromatic carboxylic acids is 1. The lowest BCUT2D eigenvalue weighted by atomic mass is 10.0. The average Bonchev–Trinajstić information content (AvgIpc) is 2.73. The van der Waals surface area contributed by atoms with Gasteiger partial charge in [0.2, 0.25) is 0 Å². The van der Waals surface area contributed by atoms with Crippen molar-refractivity contribution in [3.8, 4) is 28.4 Å². The molecule has 0 bridgehead atoms. The number of carboxylic acids is 1. The van der Waals surface area contributed by atoms with Gasteiger partial charge in [-0.3, -0.25) is 8.51 Å². The molecule has 0 radical (unpaired) electrons. The van der Waals surface area contributed by atoms with E-state index in [1.165, 1.54) is 20.3 Å². The number of phenols is 1. The maximum absolute atomic E-state index is 12.0. The number of hydrogen-bond acceptors (Lipinski definition) is 6. The second-order valence-corrected chi connectivity index (χ2v) is 6.94. The van der Waals surface area contributed by atoms with Gasteiger partial charge in [-0.15, -0.1) is 0 Å². The summed E-state index contributed by atoms with van der Waals surface area (Å²) in [6.07, 6.45) is 0. The predicted octanol–water partition coefficient (Wildman–Crippen LogP) is 3.71. The fourth-order valence-corrected chi connectivity index (χ4v) is 3.55. The van der Waals surface area contributed by atoms with E-state index in [9.17, 15) is 18.7 Å². The molecule has 0 amide bonds. The topological polar surface area (TPSA) is 119 Å². The maximum atomic E-state index is 12.0. The second-order valence-electron chi connectivity index (χ2n) is 6.14. The van der Waals surface area contributed by atoms with Gasteiger partial charge in [-0.05, 0) is 47.5 Å². The van der Waals surface area contributed by atoms with Crippen LogP contribution in [0.5, 0.6) is 17.2 Å². The van der Waals surface area contributed by atoms with Crippen LogP contribution in [0.1, 0.15) is 10.4 Å². The van der Waals surface area contributed by atoms with Crippen molar-refractivity contribution in [1.29, 1.82) is 0 Å². The molecule has 0 aliphatic rings. The number of ether oxygens (including phenoxy) is 2. The Kier molecular flexibility index (Phi) is 6.24. The molecule has 0 saturated heterocycles. The number of methoxy groups -OCH3 is 2. The van der Waals surface area contributed by atoms with Gasteiger partial charge in [0.1, 0.15) is 11.3 Å². The van der Waals surface area contributed by atoms with Crippen LogP contribution in [0.15, 0.2) is 60.7 Å². The number of hydrogen-bond donors (Lipinski definition) is 2. The molecule has 0 saturated carbocycles. The van der Waals surface area contributed by atoms with E-state index in [4.69, 9.17) is 14.6 Å². The molecule has 1 atom stereocenters. The third-order valence-electron chi connectivity index (χ3n) is 4.39. The SMILES string of the molecule is COc1ccc(-c2cccc(N(c3ccc(C(=O)O)c(O)c3)S(=O)[O-])c2)cc1OC. The van der Waals surface area contributed by atoms with E-state index >= 15 is 0 Å². The van der Waals surface area contributed by atoms with Crippen molar-refractivity contribution in [1.82, 2.24) is 0 Å². The molecule has 3 rings (SSSR count). The van der Waals surface area contributed by atoms with E-state index in [1.54, 1.807) is 30.3 Å². The van der Waals surface area contributed by atoms with E-state index in [2.05, 4.69) is 0 Å². The molecule has 156 valence electrons. The summed E-state index contributed by atoms with van der Waals surface area (Å²) >= 11 is -2.73. The highest BCUT2D eigenvalue weighted by Crippen LogP contribution is 2.36. The second kappa shape index (κ2) is 8.85. The minimum absolute atomic E-state index is 0.0929. The van der Waals surface area contributed by atoms with Crippen LogP contribution >= 0.6 is 0 Å². The zero-order valence-corrected chi connectivity index (χ0v) is 16.9. The highest BCUT2D eigenvalue weighted by molar-refractivity contribution is 7.81. The first-order chi connectivity index (χ1) is 14.3. The van der Waals surface area contributed by atoms with Crippen molar-refractivity contribution in [3.05, 3.63) is 66.2 Å². The van der Waals surface area contributed by atoms with Gasteiger partial charge in [-0.25, -0.2) is 4.79 Å². The maximum Gasteiger partial charge on any atom is 0.339 e. The van der Waals surface area contributed by atoms with E-state index in [0.717, 1.165) is 27.6 Å². The quantitative estimate of drug-likeness (QED) is 0.551. The van der Waals surface area contributed by atoms with E-state index in [1.807, 2.05) is 12.1 Å². The van der Waals surface area contributed by atoms with Crippen LogP contribution < -0.4 is 13.8 Å². The molecule has 9 heteroatoms. The number of rotatable bonds is 7. The molecule has 3 aromatic rings. The number of carboxylic acid groups (broad SMARTS) is 1. The number of anilines is 2. The molecule has 0 aromatic heterocycles. The first-order valence-electron chi connectivity index (χ1n) is 8.64. The molecule has 1 unspecified atom stereocenters. The summed E-state index contributed by atoms with van der Waals surface area (Å²) in [6, 6.07) is 15.6. The molecule has 2 N–H and O–H groups in total. The summed E-state index contributed by atoms with van der Waals surface area (Å²) in [5.74, 6) is -0.761. The summed E-state index contributed by atoms with van der Waals surface area (Å²) in [5.41, 5.74) is 1.56. The minimum atomic E-state index is -2.73. The molecular weight excluding hydrogens is 410 g/mol. The number of benzene rings is 3. The van der Waals surface area contributed by atoms with Crippen LogP contribution in [-0.2, 0) is 11.3 Å². The van der Waals surface area contributed by atoms with E-state index < -0.39 is 23.0 Å². The molecule has 8 nitrogen and oxygen atoms in total. The normalized spacial score (nSPS) is 11.6. The molecule has 0 aliphatic carbocycles. The summed E-state index contributed by atoms with van der Waals surface area (Å²) < 4.78 is 35.4. The van der Waals surface area contributed by atoms with Crippen molar-refractivity contribution >= 4 is 28.6 Å². The van der Waals surface area contributed by atoms with Crippen molar-refractivity contribution in [2.24, 2.45) is 0 Å². The number of nitrogens with zero attached hydrogens (tertiary/aromatic N) is 1. The highest BCUT2D eigenvalue weighted by Gasteiger charge is 2.16. The Bertz CT molecular complexity index is 1120. The first kappa shape index (κ1) is 21.2. The van der Waals surface area contributed by atoms with Gasteiger partial charge in [0.15, 0.2) is 11.5 Å². The number of carbonyl (C=O) groups is 1. The fraction of sp³-hybridized carbons (Fsp3) is 0.0952. The summed E-state index contributed by atoms with van der Waals surface area (Å²) in [6.45, 7) is 0. The van der Waals surface area contributed by atoms with Crippen molar-refractivity contribution in [2.75, 3.05) is 18.5 Å². The van der Waals surface area contributed by atoms with Crippen LogP contribution in [0, 0.1) is 0 Å². The molecule has 0 spiro atoms. The minimum Gasteiger partial charge on any atom is -0.755 e. The Labute approximate surface area is 175 Å². The lowest BCUT2D eigenvalue weighted by Gasteiger charge is -2.27. The third-order valence-corrected chi connectivity index (χ3v) is 5.11. The van der Waals surface area contributed by atoms with Gasteiger partial charge in [0.25, 0.3) is 0 Å². The first-order valence-corrected chi connectivity index (χ1v) is 9.67. The lowest BCUT2D eigenvalue weighted by molar-refractivity contribution is 0.0693. The van der Waals surface area contributed by atoms with Crippen molar-refractivity contribution in [2.45, 2.75) is 0 Å². The van der Waals surface area contributed by atoms with Crippen LogP contribution in [0.4, 0.5) is 11.4 Å². The van der Waals surface area contributed by atoms with E-state index in [0.29, 0.717) is 17.2 Å². The van der Waals surface area contributed by atoms with E-state index in [-0.39, 0.29) is 11.3 Å². The zero-order valence-electron chi connectivity index (χ0n) is 16.1. The largest absolute Gasteiger partial charge is 0.755 e. The third kappa shape index (κ3) is 4.22. The lowest BCUT2D eigenvalue weighted by Crippen LogP contribution is -2.19. The van der Waals surface area contributed by atoms with Gasteiger partial charge in [-0.1, -0.05) is 18.2 Å². The zero-order chi connectivity index (χ0) is 21.8. The van der Waals surface area contributed by atoms with Crippen LogP contribution in [-0.4, -0.2) is 39.2 Å². The Balaban J connectivity index is 2.05. The predicted molar refractivity (Wildman–Crippen MR) is 111 cm³/mol. The van der Waals surface area contributed by atoms with Crippen molar-refractivity contribution < 1.29 is 33.2 Å². The fourth-order valence-electron chi connectivity index (χ4n) is 2.98. The van der Waals surface area contributed by atoms with Gasteiger partial charge >= 0.3 is 5.97 Å². The molecule has 30 heavy (non-hydrogen) atoms. The van der Waals surface area contributed by atoms with Crippen LogP contribution in [0.25, 0.3) is 11.1 Å². The average molecular weight is 428 g/mol. The summed E-state index contributed by atoms with van der Waals surface area (Å²) in [4.78, 5) is 11.1. The monoisotopic (exact) mass is 428 g/mol. The Morgan fingerprint density at radius 1 is 0.933 bits per heavy atom. The molecule has 0 aliphatic heterocycles. The Morgan fingerprint density at radius 2 is 1.60 bits per heavy atom. The van der Waals surface area contributed by atoms with Crippen LogP contribution in [0.3, 0.4) is 0 Å². The molecule has 3 aromatic carbocycles. The number of aromatic hydroxyl groups is 1.